The molecule has 1 aromatic heterocycles. The van der Waals surface area contributed by atoms with Gasteiger partial charge in [0.15, 0.2) is 0 Å². The molecule has 0 saturated heterocycles. The first-order chi connectivity index (χ1) is 10.4. The molecule has 0 aliphatic heterocycles. The maximum atomic E-state index is 11.8. The SMILES string of the molecule is CCCC(O)CNC(=O)CCc1c(C)[nH]c(=O)c(C#N)c1C. The zero-order valence-corrected chi connectivity index (χ0v) is 13.3. The minimum atomic E-state index is -0.518. The topological polar surface area (TPSA) is 106 Å². The lowest BCUT2D eigenvalue weighted by Crippen LogP contribution is -2.32. The summed E-state index contributed by atoms with van der Waals surface area (Å²) in [7, 11) is 0. The predicted molar refractivity (Wildman–Crippen MR) is 83.5 cm³/mol. The van der Waals surface area contributed by atoms with Crippen LogP contribution in [0.2, 0.25) is 0 Å². The molecular formula is C16H23N3O3. The Labute approximate surface area is 130 Å². The van der Waals surface area contributed by atoms with E-state index in [1.165, 1.54) is 0 Å². The molecule has 6 nitrogen and oxygen atoms in total. The maximum Gasteiger partial charge on any atom is 0.266 e. The maximum absolute atomic E-state index is 11.8. The number of aryl methyl sites for hydroxylation is 1. The average Bonchev–Trinajstić information content (AvgIpc) is 2.45. The minimum absolute atomic E-state index is 0.0966. The number of rotatable bonds is 7. The zero-order chi connectivity index (χ0) is 16.7. The largest absolute Gasteiger partial charge is 0.391 e. The van der Waals surface area contributed by atoms with Crippen molar-refractivity contribution in [3.63, 3.8) is 0 Å². The summed E-state index contributed by atoms with van der Waals surface area (Å²) < 4.78 is 0. The monoisotopic (exact) mass is 305 g/mol. The normalized spacial score (nSPS) is 11.8. The zero-order valence-electron chi connectivity index (χ0n) is 13.3. The van der Waals surface area contributed by atoms with Gasteiger partial charge in [-0.25, -0.2) is 0 Å². The van der Waals surface area contributed by atoms with E-state index in [-0.39, 0.29) is 24.4 Å². The van der Waals surface area contributed by atoms with Gasteiger partial charge in [-0.3, -0.25) is 9.59 Å². The molecule has 3 N–H and O–H groups in total. The molecule has 6 heteroatoms. The number of nitrogens with zero attached hydrogens (tertiary/aromatic N) is 1. The number of nitrogens with one attached hydrogen (secondary N) is 2. The molecular weight excluding hydrogens is 282 g/mol. The average molecular weight is 305 g/mol. The standard InChI is InChI=1S/C16H23N3O3/c1-4-5-12(20)9-18-15(21)7-6-13-10(2)14(8-17)16(22)19-11(13)3/h12,20H,4-7,9H2,1-3H3,(H,18,21)(H,19,22). The van der Waals surface area contributed by atoms with Gasteiger partial charge < -0.3 is 15.4 Å². The van der Waals surface area contributed by atoms with Crippen LogP contribution in [0, 0.1) is 25.2 Å². The van der Waals surface area contributed by atoms with Crippen molar-refractivity contribution in [1.29, 1.82) is 5.26 Å². The Kier molecular flexibility index (Phi) is 6.80. The fraction of sp³-hybridized carbons (Fsp3) is 0.562. The highest BCUT2D eigenvalue weighted by Crippen LogP contribution is 2.14. The minimum Gasteiger partial charge on any atom is -0.391 e. The summed E-state index contributed by atoms with van der Waals surface area (Å²) in [5.74, 6) is -0.154. The lowest BCUT2D eigenvalue weighted by molar-refractivity contribution is -0.121. The summed E-state index contributed by atoms with van der Waals surface area (Å²) in [6, 6.07) is 1.90. The molecule has 0 aromatic carbocycles. The first-order valence-electron chi connectivity index (χ1n) is 7.47. The highest BCUT2D eigenvalue weighted by molar-refractivity contribution is 5.76. The number of H-pyrrole nitrogens is 1. The van der Waals surface area contributed by atoms with Gasteiger partial charge in [0.1, 0.15) is 11.6 Å². The van der Waals surface area contributed by atoms with Gasteiger partial charge in [0, 0.05) is 18.7 Å². The van der Waals surface area contributed by atoms with Crippen LogP contribution in [-0.2, 0) is 11.2 Å². The fourth-order valence-electron chi connectivity index (χ4n) is 2.41. The van der Waals surface area contributed by atoms with E-state index in [2.05, 4.69) is 10.3 Å². The number of amides is 1. The molecule has 22 heavy (non-hydrogen) atoms. The molecule has 0 spiro atoms. The smallest absolute Gasteiger partial charge is 0.266 e. The van der Waals surface area contributed by atoms with Crippen LogP contribution in [0.1, 0.15) is 48.6 Å². The van der Waals surface area contributed by atoms with E-state index in [9.17, 15) is 14.7 Å². The van der Waals surface area contributed by atoms with Crippen LogP contribution in [0.5, 0.6) is 0 Å². The Morgan fingerprint density at radius 3 is 2.73 bits per heavy atom. The van der Waals surface area contributed by atoms with Gasteiger partial charge in [-0.05, 0) is 37.8 Å². The van der Waals surface area contributed by atoms with E-state index in [1.807, 2.05) is 13.0 Å². The second kappa shape index (κ2) is 8.35. The van der Waals surface area contributed by atoms with Crippen molar-refractivity contribution in [3.05, 3.63) is 32.7 Å². The van der Waals surface area contributed by atoms with Gasteiger partial charge in [0.05, 0.1) is 6.10 Å². The number of aliphatic hydroxyl groups is 1. The number of pyridine rings is 1. The van der Waals surface area contributed by atoms with Gasteiger partial charge in [-0.15, -0.1) is 0 Å². The Hall–Kier alpha value is -2.13. The number of aliphatic hydroxyl groups excluding tert-OH is 1. The third-order valence-electron chi connectivity index (χ3n) is 3.68. The summed E-state index contributed by atoms with van der Waals surface area (Å²) in [6.07, 6.45) is 1.69. The van der Waals surface area contributed by atoms with Crippen molar-refractivity contribution >= 4 is 5.91 Å². The molecule has 1 heterocycles. The Morgan fingerprint density at radius 1 is 1.45 bits per heavy atom. The molecule has 0 aliphatic rings. The van der Waals surface area contributed by atoms with Gasteiger partial charge in [-0.2, -0.15) is 5.26 Å². The van der Waals surface area contributed by atoms with E-state index in [4.69, 9.17) is 5.26 Å². The lowest BCUT2D eigenvalue weighted by atomic mass is 9.99. The molecule has 0 radical (unpaired) electrons. The summed E-state index contributed by atoms with van der Waals surface area (Å²) in [4.78, 5) is 26.1. The highest BCUT2D eigenvalue weighted by Gasteiger charge is 2.13. The van der Waals surface area contributed by atoms with Gasteiger partial charge >= 0.3 is 0 Å². The van der Waals surface area contributed by atoms with Crippen LogP contribution in [0.25, 0.3) is 0 Å². The number of nitriles is 1. The fourth-order valence-corrected chi connectivity index (χ4v) is 2.41. The molecule has 120 valence electrons. The number of hydrogen-bond acceptors (Lipinski definition) is 4. The summed E-state index contributed by atoms with van der Waals surface area (Å²) in [5.41, 5.74) is 1.83. The van der Waals surface area contributed by atoms with Crippen LogP contribution < -0.4 is 10.9 Å². The second-order valence-electron chi connectivity index (χ2n) is 5.42. The first kappa shape index (κ1) is 17.9. The first-order valence-corrected chi connectivity index (χ1v) is 7.47. The van der Waals surface area contributed by atoms with Crippen molar-refractivity contribution in [1.82, 2.24) is 10.3 Å². The number of aromatic nitrogens is 1. The Bertz CT molecular complexity index is 629. The Morgan fingerprint density at radius 2 is 2.14 bits per heavy atom. The van der Waals surface area contributed by atoms with Crippen LogP contribution in [0.15, 0.2) is 4.79 Å². The third-order valence-corrected chi connectivity index (χ3v) is 3.68. The number of hydrogen-bond donors (Lipinski definition) is 3. The lowest BCUT2D eigenvalue weighted by Gasteiger charge is -2.12. The molecule has 0 saturated carbocycles. The molecule has 0 aliphatic carbocycles. The molecule has 0 fully saturated rings. The van der Waals surface area contributed by atoms with Crippen molar-refractivity contribution in [2.75, 3.05) is 6.54 Å². The van der Waals surface area contributed by atoms with Crippen molar-refractivity contribution in [3.8, 4) is 6.07 Å². The molecule has 1 atom stereocenters. The molecule has 1 aromatic rings. The van der Waals surface area contributed by atoms with E-state index >= 15 is 0 Å². The van der Waals surface area contributed by atoms with E-state index in [0.29, 0.717) is 24.1 Å². The second-order valence-corrected chi connectivity index (χ2v) is 5.42. The number of aromatic amines is 1. The summed E-state index contributed by atoms with van der Waals surface area (Å²) in [6.45, 7) is 5.70. The molecule has 0 bridgehead atoms. The molecule has 1 rings (SSSR count). The van der Waals surface area contributed by atoms with E-state index < -0.39 is 11.7 Å². The molecule has 1 unspecified atom stereocenters. The van der Waals surface area contributed by atoms with Gasteiger partial charge in [0.25, 0.3) is 5.56 Å². The van der Waals surface area contributed by atoms with Crippen molar-refractivity contribution < 1.29 is 9.90 Å². The van der Waals surface area contributed by atoms with Crippen molar-refractivity contribution in [2.45, 2.75) is 52.6 Å². The van der Waals surface area contributed by atoms with Gasteiger partial charge in [-0.1, -0.05) is 13.3 Å². The highest BCUT2D eigenvalue weighted by atomic mass is 16.3. The number of carbonyl (C=O) groups excluding carboxylic acids is 1. The predicted octanol–water partition coefficient (Wildman–Crippen LogP) is 1.07. The van der Waals surface area contributed by atoms with Gasteiger partial charge in [0.2, 0.25) is 5.91 Å². The van der Waals surface area contributed by atoms with Crippen LogP contribution in [0.4, 0.5) is 0 Å². The Balaban J connectivity index is 2.67. The molecule has 1 amide bonds. The van der Waals surface area contributed by atoms with E-state index in [0.717, 1.165) is 12.0 Å². The summed E-state index contributed by atoms with van der Waals surface area (Å²) in [5, 5.41) is 21.3. The summed E-state index contributed by atoms with van der Waals surface area (Å²) >= 11 is 0. The van der Waals surface area contributed by atoms with Crippen molar-refractivity contribution in [2.24, 2.45) is 0 Å². The van der Waals surface area contributed by atoms with Crippen LogP contribution >= 0.6 is 0 Å². The van der Waals surface area contributed by atoms with Crippen LogP contribution in [0.3, 0.4) is 0 Å². The third kappa shape index (κ3) is 4.71. The van der Waals surface area contributed by atoms with E-state index in [1.54, 1.807) is 13.8 Å². The van der Waals surface area contributed by atoms with Crippen LogP contribution in [-0.4, -0.2) is 28.6 Å². The number of carbonyl (C=O) groups is 1. The quantitative estimate of drug-likeness (QED) is 0.700.